The first-order valence-electron chi connectivity index (χ1n) is 6.35. The molecule has 2 rings (SSSR count). The smallest absolute Gasteiger partial charge is 0.0729 e. The summed E-state index contributed by atoms with van der Waals surface area (Å²) in [6.07, 6.45) is 4.28. The summed E-state index contributed by atoms with van der Waals surface area (Å²) < 4.78 is 5.99. The Balaban J connectivity index is 1.98. The Labute approximate surface area is 93.8 Å². The molecule has 2 heteroatoms. The summed E-state index contributed by atoms with van der Waals surface area (Å²) in [5, 5.41) is 3.79. The van der Waals surface area contributed by atoms with Gasteiger partial charge in [0.05, 0.1) is 12.7 Å². The lowest BCUT2D eigenvalue weighted by atomic mass is 9.73. The molecule has 0 bridgehead atoms. The molecule has 1 aliphatic carbocycles. The molecule has 0 spiro atoms. The molecule has 0 radical (unpaired) electrons. The van der Waals surface area contributed by atoms with E-state index in [9.17, 15) is 0 Å². The average Bonchev–Trinajstić information content (AvgIpc) is 2.15. The van der Waals surface area contributed by atoms with Crippen LogP contribution in [-0.4, -0.2) is 24.8 Å². The number of rotatable bonds is 1. The average molecular weight is 211 g/mol. The molecular formula is C13H25NO. The number of morpholine rings is 1. The van der Waals surface area contributed by atoms with Gasteiger partial charge < -0.3 is 10.1 Å². The highest BCUT2D eigenvalue weighted by Crippen LogP contribution is 2.38. The second-order valence-corrected chi connectivity index (χ2v) is 6.40. The van der Waals surface area contributed by atoms with Crippen LogP contribution in [0, 0.1) is 11.3 Å². The number of hydrogen-bond donors (Lipinski definition) is 1. The van der Waals surface area contributed by atoms with E-state index in [0.29, 0.717) is 29.5 Å². The summed E-state index contributed by atoms with van der Waals surface area (Å²) in [5.41, 5.74) is 0.496. The third-order valence-corrected chi connectivity index (χ3v) is 4.05. The van der Waals surface area contributed by atoms with Crippen molar-refractivity contribution in [2.24, 2.45) is 11.3 Å². The van der Waals surface area contributed by atoms with Crippen LogP contribution < -0.4 is 5.32 Å². The van der Waals surface area contributed by atoms with E-state index in [1.807, 2.05) is 0 Å². The largest absolute Gasteiger partial charge is 0.375 e. The van der Waals surface area contributed by atoms with Crippen molar-refractivity contribution in [2.45, 2.75) is 65.1 Å². The Kier molecular flexibility index (Phi) is 3.09. The standard InChI is InChI=1S/C13H25NO/c1-9(2)11-8-15-12-5-6-13(3,4)7-10(12)14-11/h9-12,14H,5-8H2,1-4H3. The highest BCUT2D eigenvalue weighted by molar-refractivity contribution is 4.94. The number of fused-ring (bicyclic) bond motifs is 1. The van der Waals surface area contributed by atoms with Gasteiger partial charge in [0.25, 0.3) is 0 Å². The molecule has 2 fully saturated rings. The molecule has 0 amide bonds. The zero-order chi connectivity index (χ0) is 11.1. The summed E-state index contributed by atoms with van der Waals surface area (Å²) in [5.74, 6) is 0.677. The molecule has 2 aliphatic rings. The third kappa shape index (κ3) is 2.54. The van der Waals surface area contributed by atoms with Gasteiger partial charge in [-0.15, -0.1) is 0 Å². The molecule has 3 atom stereocenters. The van der Waals surface area contributed by atoms with Gasteiger partial charge in [0.15, 0.2) is 0 Å². The van der Waals surface area contributed by atoms with E-state index in [-0.39, 0.29) is 0 Å². The predicted octanol–water partition coefficient (Wildman–Crippen LogP) is 2.58. The summed E-state index contributed by atoms with van der Waals surface area (Å²) in [7, 11) is 0. The zero-order valence-electron chi connectivity index (χ0n) is 10.5. The van der Waals surface area contributed by atoms with Crippen molar-refractivity contribution in [3.8, 4) is 0 Å². The SMILES string of the molecule is CC(C)C1COC2CCC(C)(C)CC2N1. The van der Waals surface area contributed by atoms with Crippen LogP contribution in [0.4, 0.5) is 0 Å². The van der Waals surface area contributed by atoms with Crippen molar-refractivity contribution < 1.29 is 4.74 Å². The van der Waals surface area contributed by atoms with Crippen LogP contribution in [0.25, 0.3) is 0 Å². The lowest BCUT2D eigenvalue weighted by Crippen LogP contribution is -2.58. The van der Waals surface area contributed by atoms with Crippen molar-refractivity contribution in [3.05, 3.63) is 0 Å². The van der Waals surface area contributed by atoms with Gasteiger partial charge in [0.1, 0.15) is 0 Å². The minimum Gasteiger partial charge on any atom is -0.375 e. The molecule has 0 aromatic heterocycles. The first-order chi connectivity index (χ1) is 6.98. The molecule has 0 aromatic carbocycles. The van der Waals surface area contributed by atoms with Crippen molar-refractivity contribution in [3.63, 3.8) is 0 Å². The summed E-state index contributed by atoms with van der Waals surface area (Å²) in [6.45, 7) is 10.2. The van der Waals surface area contributed by atoms with Gasteiger partial charge in [-0.1, -0.05) is 27.7 Å². The minimum atomic E-state index is 0.480. The van der Waals surface area contributed by atoms with Crippen molar-refractivity contribution >= 4 is 0 Å². The van der Waals surface area contributed by atoms with E-state index in [1.165, 1.54) is 19.3 Å². The Morgan fingerprint density at radius 2 is 2.07 bits per heavy atom. The first-order valence-corrected chi connectivity index (χ1v) is 6.35. The quantitative estimate of drug-likeness (QED) is 0.720. The van der Waals surface area contributed by atoms with Crippen LogP contribution in [-0.2, 0) is 4.74 Å². The van der Waals surface area contributed by atoms with Gasteiger partial charge in [-0.25, -0.2) is 0 Å². The molecule has 1 heterocycles. The second kappa shape index (κ2) is 4.06. The van der Waals surface area contributed by atoms with Crippen LogP contribution in [0.2, 0.25) is 0 Å². The Morgan fingerprint density at radius 3 is 2.73 bits per heavy atom. The Morgan fingerprint density at radius 1 is 1.33 bits per heavy atom. The van der Waals surface area contributed by atoms with E-state index in [0.717, 1.165) is 6.61 Å². The van der Waals surface area contributed by atoms with Gasteiger partial charge in [-0.3, -0.25) is 0 Å². The van der Waals surface area contributed by atoms with Gasteiger partial charge in [0, 0.05) is 12.1 Å². The van der Waals surface area contributed by atoms with Gasteiger partial charge in [-0.05, 0) is 30.6 Å². The van der Waals surface area contributed by atoms with E-state index < -0.39 is 0 Å². The van der Waals surface area contributed by atoms with Gasteiger partial charge in [0.2, 0.25) is 0 Å². The predicted molar refractivity (Wildman–Crippen MR) is 62.9 cm³/mol. The van der Waals surface area contributed by atoms with Crippen LogP contribution in [0.3, 0.4) is 0 Å². The van der Waals surface area contributed by atoms with E-state index in [2.05, 4.69) is 33.0 Å². The van der Waals surface area contributed by atoms with E-state index in [4.69, 9.17) is 4.74 Å². The zero-order valence-corrected chi connectivity index (χ0v) is 10.5. The summed E-state index contributed by atoms with van der Waals surface area (Å²) in [4.78, 5) is 0. The number of nitrogens with one attached hydrogen (secondary N) is 1. The molecule has 1 saturated carbocycles. The molecule has 1 saturated heterocycles. The lowest BCUT2D eigenvalue weighted by Gasteiger charge is -2.46. The topological polar surface area (TPSA) is 21.3 Å². The lowest BCUT2D eigenvalue weighted by molar-refractivity contribution is -0.0731. The molecular weight excluding hydrogens is 186 g/mol. The van der Waals surface area contributed by atoms with Crippen LogP contribution >= 0.6 is 0 Å². The minimum absolute atomic E-state index is 0.480. The van der Waals surface area contributed by atoms with Crippen LogP contribution in [0.5, 0.6) is 0 Å². The molecule has 1 aliphatic heterocycles. The van der Waals surface area contributed by atoms with Crippen molar-refractivity contribution in [1.29, 1.82) is 0 Å². The van der Waals surface area contributed by atoms with Crippen LogP contribution in [0.1, 0.15) is 47.0 Å². The fourth-order valence-electron chi connectivity index (χ4n) is 2.86. The monoisotopic (exact) mass is 211 g/mol. The number of hydrogen-bond acceptors (Lipinski definition) is 2. The van der Waals surface area contributed by atoms with Crippen LogP contribution in [0.15, 0.2) is 0 Å². The fourth-order valence-corrected chi connectivity index (χ4v) is 2.86. The third-order valence-electron chi connectivity index (χ3n) is 4.05. The van der Waals surface area contributed by atoms with Gasteiger partial charge >= 0.3 is 0 Å². The fraction of sp³-hybridized carbons (Fsp3) is 1.00. The maximum absolute atomic E-state index is 5.99. The normalized spacial score (nSPS) is 40.2. The maximum atomic E-state index is 5.99. The second-order valence-electron chi connectivity index (χ2n) is 6.40. The summed E-state index contributed by atoms with van der Waals surface area (Å²) >= 11 is 0. The molecule has 15 heavy (non-hydrogen) atoms. The summed E-state index contributed by atoms with van der Waals surface area (Å²) in [6, 6.07) is 1.15. The maximum Gasteiger partial charge on any atom is 0.0729 e. The molecule has 3 unspecified atom stereocenters. The van der Waals surface area contributed by atoms with Crippen molar-refractivity contribution in [1.82, 2.24) is 5.32 Å². The highest BCUT2D eigenvalue weighted by atomic mass is 16.5. The van der Waals surface area contributed by atoms with E-state index >= 15 is 0 Å². The van der Waals surface area contributed by atoms with Gasteiger partial charge in [-0.2, -0.15) is 0 Å². The molecule has 88 valence electrons. The first kappa shape index (κ1) is 11.4. The van der Waals surface area contributed by atoms with Crippen molar-refractivity contribution in [2.75, 3.05) is 6.61 Å². The molecule has 1 N–H and O–H groups in total. The highest BCUT2D eigenvalue weighted by Gasteiger charge is 2.39. The Bertz CT molecular complexity index is 225. The molecule has 2 nitrogen and oxygen atoms in total. The Hall–Kier alpha value is -0.0800. The molecule has 0 aromatic rings. The van der Waals surface area contributed by atoms with E-state index in [1.54, 1.807) is 0 Å². The number of ether oxygens (including phenoxy) is 1.